The SMILES string of the molecule is NC1(O)C=CC2=C(Cc3ccccc32)C1=O. The Labute approximate surface area is 92.9 Å². The molecule has 0 fully saturated rings. The largest absolute Gasteiger partial charge is 0.366 e. The lowest BCUT2D eigenvalue weighted by atomic mass is 9.91. The van der Waals surface area contributed by atoms with Gasteiger partial charge in [-0.1, -0.05) is 30.3 Å². The Bertz CT molecular complexity index is 553. The molecule has 0 saturated carbocycles. The Hall–Kier alpha value is -1.71. The highest BCUT2D eigenvalue weighted by Gasteiger charge is 2.38. The van der Waals surface area contributed by atoms with Gasteiger partial charge in [-0.15, -0.1) is 0 Å². The summed E-state index contributed by atoms with van der Waals surface area (Å²) in [6, 6.07) is 7.86. The zero-order chi connectivity index (χ0) is 11.3. The topological polar surface area (TPSA) is 63.3 Å². The van der Waals surface area contributed by atoms with Gasteiger partial charge in [-0.05, 0) is 22.8 Å². The Kier molecular flexibility index (Phi) is 1.73. The molecule has 0 radical (unpaired) electrons. The van der Waals surface area contributed by atoms with Crippen LogP contribution in [0.1, 0.15) is 11.1 Å². The fourth-order valence-corrected chi connectivity index (χ4v) is 2.31. The van der Waals surface area contributed by atoms with Crippen molar-refractivity contribution in [3.63, 3.8) is 0 Å². The second kappa shape index (κ2) is 2.90. The number of nitrogens with two attached hydrogens (primary N) is 1. The lowest BCUT2D eigenvalue weighted by Gasteiger charge is -2.22. The molecule has 3 N–H and O–H groups in total. The van der Waals surface area contributed by atoms with Gasteiger partial charge in [0.2, 0.25) is 5.78 Å². The average Bonchev–Trinajstić information content (AvgIpc) is 2.63. The third-order valence-electron chi connectivity index (χ3n) is 3.14. The van der Waals surface area contributed by atoms with E-state index in [9.17, 15) is 9.90 Å². The second-order valence-corrected chi connectivity index (χ2v) is 4.21. The van der Waals surface area contributed by atoms with Crippen LogP contribution in [0, 0.1) is 0 Å². The van der Waals surface area contributed by atoms with Crippen LogP contribution in [0.4, 0.5) is 0 Å². The van der Waals surface area contributed by atoms with Crippen molar-refractivity contribution in [3.8, 4) is 0 Å². The first-order valence-corrected chi connectivity index (χ1v) is 5.16. The molecule has 0 saturated heterocycles. The molecule has 1 unspecified atom stereocenters. The van der Waals surface area contributed by atoms with Gasteiger partial charge >= 0.3 is 0 Å². The predicted molar refractivity (Wildman–Crippen MR) is 60.4 cm³/mol. The average molecular weight is 213 g/mol. The van der Waals surface area contributed by atoms with E-state index in [2.05, 4.69) is 0 Å². The Morgan fingerprint density at radius 1 is 1.31 bits per heavy atom. The Morgan fingerprint density at radius 2 is 2.06 bits per heavy atom. The number of benzene rings is 1. The highest BCUT2D eigenvalue weighted by molar-refractivity contribution is 6.13. The number of rotatable bonds is 0. The molecule has 16 heavy (non-hydrogen) atoms. The van der Waals surface area contributed by atoms with Crippen LogP contribution in [-0.4, -0.2) is 16.6 Å². The Morgan fingerprint density at radius 3 is 2.88 bits per heavy atom. The van der Waals surface area contributed by atoms with Crippen molar-refractivity contribution in [1.29, 1.82) is 0 Å². The van der Waals surface area contributed by atoms with Crippen molar-refractivity contribution in [2.75, 3.05) is 0 Å². The van der Waals surface area contributed by atoms with Gasteiger partial charge in [0, 0.05) is 12.0 Å². The van der Waals surface area contributed by atoms with Gasteiger partial charge in [0.1, 0.15) is 0 Å². The summed E-state index contributed by atoms with van der Waals surface area (Å²) in [6.07, 6.45) is 3.66. The number of carbonyl (C=O) groups is 1. The number of fused-ring (bicyclic) bond motifs is 2. The number of aliphatic hydroxyl groups is 1. The number of ketones is 1. The third kappa shape index (κ3) is 1.13. The standard InChI is InChI=1S/C13H11NO2/c14-13(16)6-5-10-9-4-2-1-3-8(9)7-11(10)12(13)15/h1-6,16H,7,14H2. The van der Waals surface area contributed by atoms with Crippen LogP contribution in [0.5, 0.6) is 0 Å². The van der Waals surface area contributed by atoms with Gasteiger partial charge < -0.3 is 5.11 Å². The van der Waals surface area contributed by atoms with E-state index in [1.54, 1.807) is 6.08 Å². The lowest BCUT2D eigenvalue weighted by Crippen LogP contribution is -2.48. The van der Waals surface area contributed by atoms with Gasteiger partial charge in [-0.25, -0.2) is 0 Å². The molecular formula is C13H11NO2. The van der Waals surface area contributed by atoms with E-state index >= 15 is 0 Å². The highest BCUT2D eigenvalue weighted by atomic mass is 16.3. The molecule has 2 aliphatic carbocycles. The third-order valence-corrected chi connectivity index (χ3v) is 3.14. The van der Waals surface area contributed by atoms with Crippen molar-refractivity contribution >= 4 is 11.4 Å². The zero-order valence-electron chi connectivity index (χ0n) is 8.60. The first-order valence-electron chi connectivity index (χ1n) is 5.16. The van der Waals surface area contributed by atoms with E-state index in [4.69, 9.17) is 5.73 Å². The van der Waals surface area contributed by atoms with Crippen LogP contribution in [0.15, 0.2) is 42.0 Å². The van der Waals surface area contributed by atoms with E-state index in [0.717, 1.165) is 16.7 Å². The summed E-state index contributed by atoms with van der Waals surface area (Å²) in [7, 11) is 0. The summed E-state index contributed by atoms with van der Waals surface area (Å²) in [5.41, 5.74) is 7.36. The maximum Gasteiger partial charge on any atom is 0.210 e. The first-order chi connectivity index (χ1) is 7.59. The summed E-state index contributed by atoms with van der Waals surface area (Å²) >= 11 is 0. The van der Waals surface area contributed by atoms with Crippen LogP contribution in [0.3, 0.4) is 0 Å². The summed E-state index contributed by atoms with van der Waals surface area (Å²) in [5.74, 6) is -0.388. The van der Waals surface area contributed by atoms with Crippen LogP contribution in [0.2, 0.25) is 0 Å². The summed E-state index contributed by atoms with van der Waals surface area (Å²) < 4.78 is 0. The molecule has 0 bridgehead atoms. The number of hydrogen-bond donors (Lipinski definition) is 2. The monoisotopic (exact) mass is 213 g/mol. The minimum atomic E-state index is -1.83. The molecule has 0 amide bonds. The maximum atomic E-state index is 11.9. The number of carbonyl (C=O) groups excluding carboxylic acids is 1. The summed E-state index contributed by atoms with van der Waals surface area (Å²) in [6.45, 7) is 0. The van der Waals surface area contributed by atoms with Crippen LogP contribution >= 0.6 is 0 Å². The molecule has 1 aromatic rings. The fourth-order valence-electron chi connectivity index (χ4n) is 2.31. The van der Waals surface area contributed by atoms with Gasteiger partial charge in [-0.3, -0.25) is 10.5 Å². The lowest BCUT2D eigenvalue weighted by molar-refractivity contribution is -0.128. The van der Waals surface area contributed by atoms with Crippen LogP contribution < -0.4 is 5.73 Å². The van der Waals surface area contributed by atoms with E-state index < -0.39 is 5.72 Å². The van der Waals surface area contributed by atoms with E-state index in [1.165, 1.54) is 6.08 Å². The molecule has 0 aromatic heterocycles. The molecule has 2 aliphatic rings. The molecule has 0 heterocycles. The van der Waals surface area contributed by atoms with Crippen molar-refractivity contribution in [2.24, 2.45) is 5.73 Å². The first kappa shape index (κ1) is 9.51. The van der Waals surface area contributed by atoms with Crippen molar-refractivity contribution < 1.29 is 9.90 Å². The van der Waals surface area contributed by atoms with E-state index in [0.29, 0.717) is 12.0 Å². The molecule has 3 nitrogen and oxygen atoms in total. The fraction of sp³-hybridized carbons (Fsp3) is 0.154. The molecule has 0 aliphatic heterocycles. The molecule has 1 atom stereocenters. The predicted octanol–water partition coefficient (Wildman–Crippen LogP) is 0.783. The highest BCUT2D eigenvalue weighted by Crippen LogP contribution is 2.37. The smallest absolute Gasteiger partial charge is 0.210 e. The zero-order valence-corrected chi connectivity index (χ0v) is 8.60. The van der Waals surface area contributed by atoms with Crippen LogP contribution in [0.25, 0.3) is 5.57 Å². The summed E-state index contributed by atoms with van der Waals surface area (Å²) in [5, 5.41) is 9.68. The Balaban J connectivity index is 2.16. The van der Waals surface area contributed by atoms with Gasteiger partial charge in [-0.2, -0.15) is 0 Å². The van der Waals surface area contributed by atoms with Gasteiger partial charge in [0.05, 0.1) is 0 Å². The molecule has 80 valence electrons. The van der Waals surface area contributed by atoms with Crippen molar-refractivity contribution in [1.82, 2.24) is 0 Å². The molecule has 0 spiro atoms. The second-order valence-electron chi connectivity index (χ2n) is 4.21. The number of hydrogen-bond acceptors (Lipinski definition) is 3. The minimum absolute atomic E-state index is 0.388. The normalized spacial score (nSPS) is 27.0. The van der Waals surface area contributed by atoms with E-state index in [-0.39, 0.29) is 5.78 Å². The molecule has 3 heteroatoms. The quantitative estimate of drug-likeness (QED) is 0.626. The van der Waals surface area contributed by atoms with Crippen molar-refractivity contribution in [3.05, 3.63) is 53.1 Å². The van der Waals surface area contributed by atoms with Crippen LogP contribution in [-0.2, 0) is 11.2 Å². The van der Waals surface area contributed by atoms with Crippen molar-refractivity contribution in [2.45, 2.75) is 12.1 Å². The van der Waals surface area contributed by atoms with Gasteiger partial charge in [0.15, 0.2) is 5.72 Å². The molecule has 1 aromatic carbocycles. The maximum absolute atomic E-state index is 11.9. The van der Waals surface area contributed by atoms with Gasteiger partial charge in [0.25, 0.3) is 0 Å². The number of allylic oxidation sites excluding steroid dienone is 2. The molecule has 3 rings (SSSR count). The molecular weight excluding hydrogens is 202 g/mol. The summed E-state index contributed by atoms with van der Waals surface area (Å²) in [4.78, 5) is 11.9. The minimum Gasteiger partial charge on any atom is -0.366 e. The number of Topliss-reactive ketones (excluding diaryl/α,β-unsaturated/α-hetero) is 1. The van der Waals surface area contributed by atoms with E-state index in [1.807, 2.05) is 24.3 Å².